The van der Waals surface area contributed by atoms with Crippen molar-refractivity contribution in [2.45, 2.75) is 6.92 Å². The number of aromatic nitrogens is 5. The lowest BCUT2D eigenvalue weighted by Gasteiger charge is -2.37. The second kappa shape index (κ2) is 5.66. The molecule has 0 spiro atoms. The van der Waals surface area contributed by atoms with Crippen LogP contribution in [-0.2, 0) is 0 Å². The molecule has 0 N–H and O–H groups in total. The smallest absolute Gasteiger partial charge is 0.200 e. The van der Waals surface area contributed by atoms with Gasteiger partial charge in [-0.3, -0.25) is 0 Å². The number of piperazine rings is 1. The van der Waals surface area contributed by atoms with Gasteiger partial charge in [-0.2, -0.15) is 0 Å². The molecular weight excluding hydrogens is 314 g/mol. The van der Waals surface area contributed by atoms with Crippen LogP contribution in [0.1, 0.15) is 5.56 Å². The number of benzene rings is 1. The Morgan fingerprint density at radius 2 is 1.78 bits per heavy atom. The number of rotatable bonds is 2. The maximum absolute atomic E-state index is 6.14. The molecule has 1 aromatic carbocycles. The Hall–Kier alpha value is -2.41. The van der Waals surface area contributed by atoms with Crippen molar-refractivity contribution in [1.29, 1.82) is 0 Å². The molecule has 2 aromatic heterocycles. The molecule has 0 aliphatic carbocycles. The Labute approximate surface area is 138 Å². The summed E-state index contributed by atoms with van der Waals surface area (Å²) >= 11 is 6.14. The minimum absolute atomic E-state index is 0.655. The van der Waals surface area contributed by atoms with E-state index in [1.807, 2.05) is 24.3 Å². The van der Waals surface area contributed by atoms with E-state index < -0.39 is 0 Å². The van der Waals surface area contributed by atoms with Crippen molar-refractivity contribution >= 4 is 28.8 Å². The molecule has 0 atom stereocenters. The van der Waals surface area contributed by atoms with Crippen molar-refractivity contribution in [3.05, 3.63) is 40.9 Å². The molecule has 0 radical (unpaired) electrons. The fourth-order valence-electron chi connectivity index (χ4n) is 2.91. The van der Waals surface area contributed by atoms with E-state index in [0.29, 0.717) is 5.65 Å². The molecule has 4 rings (SSSR count). The standard InChI is InChI=1S/C15H16ClN7/c1-11-2-3-12(16)10-13(11)21-6-8-22(9-7-21)15-5-4-14-17-19-20-23(14)18-15/h2-5,10H,6-9H2,1H3. The molecule has 3 aromatic rings. The third-order valence-corrected chi connectivity index (χ3v) is 4.41. The van der Waals surface area contributed by atoms with Gasteiger partial charge in [0.2, 0.25) is 0 Å². The number of fused-ring (bicyclic) bond motifs is 1. The molecule has 0 unspecified atom stereocenters. The van der Waals surface area contributed by atoms with E-state index >= 15 is 0 Å². The van der Waals surface area contributed by atoms with Gasteiger partial charge in [0.15, 0.2) is 11.5 Å². The van der Waals surface area contributed by atoms with Crippen LogP contribution in [0.5, 0.6) is 0 Å². The van der Waals surface area contributed by atoms with E-state index in [9.17, 15) is 0 Å². The predicted molar refractivity (Wildman–Crippen MR) is 89.2 cm³/mol. The Morgan fingerprint density at radius 3 is 2.61 bits per heavy atom. The number of tetrazole rings is 1. The van der Waals surface area contributed by atoms with Crippen LogP contribution in [0.25, 0.3) is 5.65 Å². The van der Waals surface area contributed by atoms with Crippen molar-refractivity contribution in [1.82, 2.24) is 25.3 Å². The molecule has 118 valence electrons. The molecule has 1 aliphatic rings. The summed E-state index contributed by atoms with van der Waals surface area (Å²) in [6.07, 6.45) is 0. The third kappa shape index (κ3) is 2.68. The Kier molecular flexibility index (Phi) is 3.49. The maximum atomic E-state index is 6.14. The van der Waals surface area contributed by atoms with Crippen LogP contribution in [-0.4, -0.2) is 51.4 Å². The summed E-state index contributed by atoms with van der Waals surface area (Å²) in [5, 5.41) is 16.6. The number of aryl methyl sites for hydroxylation is 1. The van der Waals surface area contributed by atoms with E-state index in [-0.39, 0.29) is 0 Å². The first-order valence-electron chi connectivity index (χ1n) is 7.52. The quantitative estimate of drug-likeness (QED) is 0.714. The van der Waals surface area contributed by atoms with Crippen LogP contribution in [0, 0.1) is 6.92 Å². The van der Waals surface area contributed by atoms with Gasteiger partial charge in [0.1, 0.15) is 0 Å². The van der Waals surface area contributed by atoms with Gasteiger partial charge >= 0.3 is 0 Å². The maximum Gasteiger partial charge on any atom is 0.200 e. The summed E-state index contributed by atoms with van der Waals surface area (Å²) in [5.74, 6) is 0.896. The average molecular weight is 330 g/mol. The summed E-state index contributed by atoms with van der Waals surface area (Å²) in [5.41, 5.74) is 3.11. The predicted octanol–water partition coefficient (Wildman–Crippen LogP) is 1.81. The Balaban J connectivity index is 1.51. The number of hydrogen-bond acceptors (Lipinski definition) is 6. The second-order valence-corrected chi connectivity index (χ2v) is 6.06. The highest BCUT2D eigenvalue weighted by Gasteiger charge is 2.20. The zero-order valence-electron chi connectivity index (χ0n) is 12.7. The molecule has 8 heteroatoms. The molecule has 1 aliphatic heterocycles. The molecule has 3 heterocycles. The third-order valence-electron chi connectivity index (χ3n) is 4.17. The summed E-state index contributed by atoms with van der Waals surface area (Å²) in [7, 11) is 0. The summed E-state index contributed by atoms with van der Waals surface area (Å²) in [6, 6.07) is 9.89. The molecule has 7 nitrogen and oxygen atoms in total. The van der Waals surface area contributed by atoms with Crippen molar-refractivity contribution in [3.8, 4) is 0 Å². The van der Waals surface area contributed by atoms with Crippen LogP contribution in [0.4, 0.5) is 11.5 Å². The fourth-order valence-corrected chi connectivity index (χ4v) is 3.07. The van der Waals surface area contributed by atoms with Crippen LogP contribution in [0.3, 0.4) is 0 Å². The topological polar surface area (TPSA) is 62.5 Å². The molecule has 1 saturated heterocycles. The number of hydrogen-bond donors (Lipinski definition) is 0. The normalized spacial score (nSPS) is 15.4. The first kappa shape index (κ1) is 14.2. The molecule has 1 fully saturated rings. The summed E-state index contributed by atoms with van der Waals surface area (Å²) < 4.78 is 1.46. The highest BCUT2D eigenvalue weighted by atomic mass is 35.5. The van der Waals surface area contributed by atoms with Crippen molar-refractivity contribution in [2.24, 2.45) is 0 Å². The minimum atomic E-state index is 0.655. The highest BCUT2D eigenvalue weighted by Crippen LogP contribution is 2.26. The summed E-state index contributed by atoms with van der Waals surface area (Å²) in [6.45, 7) is 5.76. The molecule has 0 amide bonds. The lowest BCUT2D eigenvalue weighted by Crippen LogP contribution is -2.47. The van der Waals surface area contributed by atoms with Gasteiger partial charge in [-0.1, -0.05) is 17.7 Å². The van der Waals surface area contributed by atoms with Gasteiger partial charge < -0.3 is 9.80 Å². The average Bonchev–Trinajstić information content (AvgIpc) is 3.05. The summed E-state index contributed by atoms with van der Waals surface area (Å²) in [4.78, 5) is 4.62. The van der Waals surface area contributed by atoms with Gasteiger partial charge in [0.25, 0.3) is 0 Å². The zero-order chi connectivity index (χ0) is 15.8. The zero-order valence-corrected chi connectivity index (χ0v) is 13.5. The fraction of sp³-hybridized carbons (Fsp3) is 0.333. The number of halogens is 1. The van der Waals surface area contributed by atoms with E-state index in [0.717, 1.165) is 37.0 Å². The molecule has 23 heavy (non-hydrogen) atoms. The first-order valence-corrected chi connectivity index (χ1v) is 7.90. The second-order valence-electron chi connectivity index (χ2n) is 5.62. The van der Waals surface area contributed by atoms with Crippen LogP contribution >= 0.6 is 11.6 Å². The van der Waals surface area contributed by atoms with Crippen molar-refractivity contribution < 1.29 is 0 Å². The Bertz CT molecular complexity index is 839. The minimum Gasteiger partial charge on any atom is -0.368 e. The highest BCUT2D eigenvalue weighted by molar-refractivity contribution is 6.30. The van der Waals surface area contributed by atoms with E-state index in [4.69, 9.17) is 11.6 Å². The van der Waals surface area contributed by atoms with Gasteiger partial charge in [0, 0.05) is 36.9 Å². The molecular formula is C15H16ClN7. The number of nitrogens with zero attached hydrogens (tertiary/aromatic N) is 7. The Morgan fingerprint density at radius 1 is 1.00 bits per heavy atom. The van der Waals surface area contributed by atoms with Crippen molar-refractivity contribution in [2.75, 3.05) is 36.0 Å². The van der Waals surface area contributed by atoms with Gasteiger partial charge in [-0.15, -0.1) is 14.8 Å². The van der Waals surface area contributed by atoms with Crippen molar-refractivity contribution in [3.63, 3.8) is 0 Å². The van der Waals surface area contributed by atoms with E-state index in [1.54, 1.807) is 0 Å². The largest absolute Gasteiger partial charge is 0.368 e. The SMILES string of the molecule is Cc1ccc(Cl)cc1N1CCN(c2ccc3nnnn3n2)CC1. The van der Waals surface area contributed by atoms with Gasteiger partial charge in [-0.05, 0) is 47.2 Å². The molecule has 0 saturated carbocycles. The first-order chi connectivity index (χ1) is 11.2. The van der Waals surface area contributed by atoms with Crippen LogP contribution in [0.2, 0.25) is 5.02 Å². The number of anilines is 2. The van der Waals surface area contributed by atoms with E-state index in [2.05, 4.69) is 43.4 Å². The van der Waals surface area contributed by atoms with Crippen LogP contribution in [0.15, 0.2) is 30.3 Å². The lowest BCUT2D eigenvalue weighted by atomic mass is 10.1. The van der Waals surface area contributed by atoms with E-state index in [1.165, 1.54) is 15.9 Å². The van der Waals surface area contributed by atoms with Gasteiger partial charge in [-0.25, -0.2) is 0 Å². The molecule has 0 bridgehead atoms. The van der Waals surface area contributed by atoms with Crippen LogP contribution < -0.4 is 9.80 Å². The lowest BCUT2D eigenvalue weighted by molar-refractivity contribution is 0.632. The van der Waals surface area contributed by atoms with Gasteiger partial charge in [0.05, 0.1) is 0 Å². The monoisotopic (exact) mass is 329 g/mol.